The van der Waals surface area contributed by atoms with Gasteiger partial charge < -0.3 is 9.80 Å². The van der Waals surface area contributed by atoms with Gasteiger partial charge in [-0.25, -0.2) is 9.97 Å². The van der Waals surface area contributed by atoms with Crippen LogP contribution in [0.15, 0.2) is 48.9 Å². The second-order valence-electron chi connectivity index (χ2n) is 5.95. The number of piperazine rings is 1. The second kappa shape index (κ2) is 6.80. The van der Waals surface area contributed by atoms with Crippen LogP contribution in [0.25, 0.3) is 11.3 Å². The van der Waals surface area contributed by atoms with Gasteiger partial charge in [0.2, 0.25) is 0 Å². The molecule has 0 spiro atoms. The van der Waals surface area contributed by atoms with Crippen molar-refractivity contribution in [2.45, 2.75) is 6.92 Å². The highest BCUT2D eigenvalue weighted by atomic mass is 15.3. The van der Waals surface area contributed by atoms with Gasteiger partial charge in [0.15, 0.2) is 5.82 Å². The zero-order valence-corrected chi connectivity index (χ0v) is 14.1. The minimum absolute atomic E-state index is 0.803. The molecule has 3 aromatic rings. The lowest BCUT2D eigenvalue weighted by molar-refractivity contribution is 0.637. The van der Waals surface area contributed by atoms with E-state index < -0.39 is 0 Å². The first-order valence-corrected chi connectivity index (χ1v) is 8.33. The number of aryl methyl sites for hydroxylation is 1. The molecule has 1 aliphatic rings. The summed E-state index contributed by atoms with van der Waals surface area (Å²) in [6.07, 6.45) is 5.36. The third-order valence-corrected chi connectivity index (χ3v) is 4.30. The summed E-state index contributed by atoms with van der Waals surface area (Å²) in [5.74, 6) is 2.70. The van der Waals surface area contributed by atoms with E-state index in [1.807, 2.05) is 43.5 Å². The number of nitrogens with zero attached hydrogens (tertiary/aromatic N) is 7. The van der Waals surface area contributed by atoms with E-state index in [0.29, 0.717) is 0 Å². The molecule has 4 heterocycles. The Morgan fingerprint density at radius 2 is 1.64 bits per heavy atom. The lowest BCUT2D eigenvalue weighted by atomic mass is 10.2. The number of hydrogen-bond acceptors (Lipinski definition) is 7. The quantitative estimate of drug-likeness (QED) is 0.725. The highest BCUT2D eigenvalue weighted by Gasteiger charge is 2.19. The summed E-state index contributed by atoms with van der Waals surface area (Å²) in [5.41, 5.74) is 1.82. The van der Waals surface area contributed by atoms with E-state index in [1.54, 1.807) is 12.4 Å². The monoisotopic (exact) mass is 333 g/mol. The summed E-state index contributed by atoms with van der Waals surface area (Å²) < 4.78 is 0. The van der Waals surface area contributed by atoms with Crippen molar-refractivity contribution >= 4 is 11.6 Å². The van der Waals surface area contributed by atoms with E-state index in [2.05, 4.69) is 34.9 Å². The Morgan fingerprint density at radius 1 is 0.840 bits per heavy atom. The first-order valence-electron chi connectivity index (χ1n) is 8.33. The van der Waals surface area contributed by atoms with Crippen LogP contribution in [-0.4, -0.2) is 51.3 Å². The molecule has 1 saturated heterocycles. The first-order chi connectivity index (χ1) is 12.3. The third-order valence-electron chi connectivity index (χ3n) is 4.30. The summed E-state index contributed by atoms with van der Waals surface area (Å²) in [7, 11) is 0. The van der Waals surface area contributed by atoms with E-state index >= 15 is 0 Å². The highest BCUT2D eigenvalue weighted by molar-refractivity contribution is 5.58. The average Bonchev–Trinajstić information content (AvgIpc) is 2.69. The van der Waals surface area contributed by atoms with E-state index in [9.17, 15) is 0 Å². The standard InChI is InChI=1S/C18H19N7/c1-14-20-8-6-17(21-14)24-9-11-25(12-10-24)18-5-4-16(22-23-18)15-3-2-7-19-13-15/h2-8,13H,9-12H2,1H3. The zero-order chi connectivity index (χ0) is 17.1. The molecule has 7 heteroatoms. The second-order valence-corrected chi connectivity index (χ2v) is 5.95. The van der Waals surface area contributed by atoms with Crippen molar-refractivity contribution < 1.29 is 0 Å². The molecule has 0 aromatic carbocycles. The van der Waals surface area contributed by atoms with E-state index in [4.69, 9.17) is 0 Å². The normalized spacial score (nSPS) is 14.6. The van der Waals surface area contributed by atoms with Crippen molar-refractivity contribution in [3.63, 3.8) is 0 Å². The topological polar surface area (TPSA) is 70.9 Å². The number of rotatable bonds is 3. The SMILES string of the molecule is Cc1nccc(N2CCN(c3ccc(-c4cccnc4)nn3)CC2)n1. The smallest absolute Gasteiger partial charge is 0.151 e. The van der Waals surface area contributed by atoms with Crippen LogP contribution in [0.3, 0.4) is 0 Å². The number of anilines is 2. The lowest BCUT2D eigenvalue weighted by Crippen LogP contribution is -2.47. The largest absolute Gasteiger partial charge is 0.353 e. The van der Waals surface area contributed by atoms with Gasteiger partial charge in [-0.05, 0) is 37.3 Å². The van der Waals surface area contributed by atoms with Gasteiger partial charge in [0.05, 0.1) is 5.69 Å². The molecule has 1 aliphatic heterocycles. The number of aromatic nitrogens is 5. The minimum Gasteiger partial charge on any atom is -0.353 e. The molecule has 25 heavy (non-hydrogen) atoms. The van der Waals surface area contributed by atoms with Crippen molar-refractivity contribution in [1.29, 1.82) is 0 Å². The summed E-state index contributed by atoms with van der Waals surface area (Å²) in [6.45, 7) is 5.51. The molecule has 0 radical (unpaired) electrons. The summed E-state index contributed by atoms with van der Waals surface area (Å²) >= 11 is 0. The van der Waals surface area contributed by atoms with E-state index in [-0.39, 0.29) is 0 Å². The van der Waals surface area contributed by atoms with Crippen LogP contribution in [0.2, 0.25) is 0 Å². The summed E-state index contributed by atoms with van der Waals surface area (Å²) in [4.78, 5) is 17.3. The fourth-order valence-corrected chi connectivity index (χ4v) is 2.95. The van der Waals surface area contributed by atoms with Crippen LogP contribution in [0.4, 0.5) is 11.6 Å². The number of pyridine rings is 1. The summed E-state index contributed by atoms with van der Waals surface area (Å²) in [5, 5.41) is 8.74. The highest BCUT2D eigenvalue weighted by Crippen LogP contribution is 2.20. The summed E-state index contributed by atoms with van der Waals surface area (Å²) in [6, 6.07) is 9.88. The molecule has 0 unspecified atom stereocenters. The maximum absolute atomic E-state index is 4.50. The maximum Gasteiger partial charge on any atom is 0.151 e. The van der Waals surface area contributed by atoms with Crippen molar-refractivity contribution in [2.24, 2.45) is 0 Å². The molecule has 0 saturated carbocycles. The number of hydrogen-bond donors (Lipinski definition) is 0. The van der Waals surface area contributed by atoms with Gasteiger partial charge in [0, 0.05) is 50.3 Å². The average molecular weight is 333 g/mol. The van der Waals surface area contributed by atoms with Gasteiger partial charge in [-0.15, -0.1) is 10.2 Å². The van der Waals surface area contributed by atoms with Crippen LogP contribution in [0.5, 0.6) is 0 Å². The Morgan fingerprint density at radius 3 is 2.28 bits per heavy atom. The Labute approximate surface area is 146 Å². The fraction of sp³-hybridized carbons (Fsp3) is 0.278. The van der Waals surface area contributed by atoms with Gasteiger partial charge in [-0.3, -0.25) is 4.98 Å². The minimum atomic E-state index is 0.803. The molecular formula is C18H19N7. The molecule has 1 fully saturated rings. The Kier molecular flexibility index (Phi) is 4.20. The van der Waals surface area contributed by atoms with Crippen LogP contribution in [-0.2, 0) is 0 Å². The Hall–Kier alpha value is -3.09. The maximum atomic E-state index is 4.50. The molecule has 0 bridgehead atoms. The molecule has 4 rings (SSSR count). The third kappa shape index (κ3) is 3.40. The van der Waals surface area contributed by atoms with Gasteiger partial charge in [-0.2, -0.15) is 0 Å². The molecule has 0 N–H and O–H groups in total. The molecule has 126 valence electrons. The molecular weight excluding hydrogens is 314 g/mol. The van der Waals surface area contributed by atoms with Crippen molar-refractivity contribution in [3.05, 3.63) is 54.7 Å². The van der Waals surface area contributed by atoms with E-state index in [0.717, 1.165) is 54.9 Å². The van der Waals surface area contributed by atoms with Gasteiger partial charge >= 0.3 is 0 Å². The van der Waals surface area contributed by atoms with Crippen LogP contribution >= 0.6 is 0 Å². The predicted octanol–water partition coefficient (Wildman–Crippen LogP) is 1.96. The van der Waals surface area contributed by atoms with Crippen LogP contribution in [0, 0.1) is 6.92 Å². The first kappa shape index (κ1) is 15.4. The fourth-order valence-electron chi connectivity index (χ4n) is 2.95. The van der Waals surface area contributed by atoms with Crippen molar-refractivity contribution in [1.82, 2.24) is 25.1 Å². The van der Waals surface area contributed by atoms with Crippen LogP contribution in [0.1, 0.15) is 5.82 Å². The molecule has 7 nitrogen and oxygen atoms in total. The van der Waals surface area contributed by atoms with Gasteiger partial charge in [-0.1, -0.05) is 0 Å². The molecule has 0 aliphatic carbocycles. The zero-order valence-electron chi connectivity index (χ0n) is 14.1. The van der Waals surface area contributed by atoms with Crippen molar-refractivity contribution in [3.8, 4) is 11.3 Å². The van der Waals surface area contributed by atoms with Crippen molar-refractivity contribution in [2.75, 3.05) is 36.0 Å². The lowest BCUT2D eigenvalue weighted by Gasteiger charge is -2.35. The van der Waals surface area contributed by atoms with Gasteiger partial charge in [0.1, 0.15) is 11.6 Å². The molecule has 0 atom stereocenters. The van der Waals surface area contributed by atoms with Crippen LogP contribution < -0.4 is 9.80 Å². The molecule has 3 aromatic heterocycles. The Balaban J connectivity index is 1.42. The van der Waals surface area contributed by atoms with Gasteiger partial charge in [0.25, 0.3) is 0 Å². The molecule has 0 amide bonds. The van der Waals surface area contributed by atoms with E-state index in [1.165, 1.54) is 0 Å². The Bertz CT molecular complexity index is 828. The predicted molar refractivity (Wildman–Crippen MR) is 96.5 cm³/mol.